The lowest BCUT2D eigenvalue weighted by Crippen LogP contribution is -2.03. The average molecular weight is 226 g/mol. The molecule has 1 rings (SSSR count). The van der Waals surface area contributed by atoms with E-state index in [-0.39, 0.29) is 0 Å². The summed E-state index contributed by atoms with van der Waals surface area (Å²) in [6.45, 7) is 5.21. The van der Waals surface area contributed by atoms with Gasteiger partial charge in [0.25, 0.3) is 0 Å². The van der Waals surface area contributed by atoms with Crippen LogP contribution in [0.1, 0.15) is 31.9 Å². The number of unbranched alkanes of at least 4 members (excludes halogenated alkanes) is 1. The summed E-state index contributed by atoms with van der Waals surface area (Å²) >= 11 is 0. The molecule has 0 atom stereocenters. The smallest absolute Gasteiger partial charge is 0.0827 e. The summed E-state index contributed by atoms with van der Waals surface area (Å²) in [6.07, 6.45) is 6.12. The van der Waals surface area contributed by atoms with Gasteiger partial charge in [0, 0.05) is 26.0 Å². The van der Waals surface area contributed by atoms with Gasteiger partial charge in [0.15, 0.2) is 0 Å². The molecule has 0 radical (unpaired) electrons. The van der Waals surface area contributed by atoms with Crippen molar-refractivity contribution in [3.05, 3.63) is 11.9 Å². The van der Waals surface area contributed by atoms with Gasteiger partial charge in [0.2, 0.25) is 0 Å². The van der Waals surface area contributed by atoms with Crippen molar-refractivity contribution in [1.82, 2.24) is 15.0 Å². The van der Waals surface area contributed by atoms with Crippen molar-refractivity contribution < 1.29 is 4.74 Å². The number of rotatable bonds is 9. The van der Waals surface area contributed by atoms with Gasteiger partial charge in [-0.15, -0.1) is 5.10 Å². The van der Waals surface area contributed by atoms with E-state index in [2.05, 4.69) is 10.3 Å². The van der Waals surface area contributed by atoms with Crippen LogP contribution in [0.3, 0.4) is 0 Å². The highest BCUT2D eigenvalue weighted by atomic mass is 16.5. The normalized spacial score (nSPS) is 10.9. The minimum atomic E-state index is 0.752. The number of hydrogen-bond donors (Lipinski definition) is 1. The summed E-state index contributed by atoms with van der Waals surface area (Å²) in [5, 5.41) is 8.19. The molecular weight excluding hydrogens is 204 g/mol. The molecule has 2 N–H and O–H groups in total. The maximum atomic E-state index is 5.44. The maximum absolute atomic E-state index is 5.44. The van der Waals surface area contributed by atoms with Crippen molar-refractivity contribution in [1.29, 1.82) is 0 Å². The molecule has 5 heteroatoms. The van der Waals surface area contributed by atoms with E-state index in [9.17, 15) is 0 Å². The first-order valence-electron chi connectivity index (χ1n) is 6.03. The van der Waals surface area contributed by atoms with Crippen LogP contribution in [0.15, 0.2) is 6.20 Å². The van der Waals surface area contributed by atoms with Crippen molar-refractivity contribution in [2.45, 2.75) is 39.2 Å². The van der Waals surface area contributed by atoms with Crippen molar-refractivity contribution in [2.75, 3.05) is 19.8 Å². The molecule has 0 bridgehead atoms. The van der Waals surface area contributed by atoms with Gasteiger partial charge < -0.3 is 10.5 Å². The highest BCUT2D eigenvalue weighted by Gasteiger charge is 2.00. The largest absolute Gasteiger partial charge is 0.382 e. The Morgan fingerprint density at radius 3 is 3.00 bits per heavy atom. The lowest BCUT2D eigenvalue weighted by molar-refractivity contribution is 0.140. The predicted molar refractivity (Wildman–Crippen MR) is 63.1 cm³/mol. The molecule has 0 spiro atoms. The molecule has 0 aromatic carbocycles. The number of aryl methyl sites for hydroxylation is 2. The Labute approximate surface area is 97.0 Å². The first kappa shape index (κ1) is 13.1. The molecule has 0 saturated carbocycles. The number of hydrogen-bond acceptors (Lipinski definition) is 4. The van der Waals surface area contributed by atoms with E-state index in [1.165, 1.54) is 0 Å². The molecule has 0 fully saturated rings. The lowest BCUT2D eigenvalue weighted by atomic mass is 10.2. The second-order valence-electron chi connectivity index (χ2n) is 3.77. The van der Waals surface area contributed by atoms with Crippen LogP contribution in [0.4, 0.5) is 0 Å². The molecule has 0 aliphatic rings. The Hall–Kier alpha value is -0.940. The lowest BCUT2D eigenvalue weighted by Gasteiger charge is -2.00. The minimum Gasteiger partial charge on any atom is -0.382 e. The van der Waals surface area contributed by atoms with E-state index in [4.69, 9.17) is 10.5 Å². The van der Waals surface area contributed by atoms with Gasteiger partial charge in [0.1, 0.15) is 0 Å². The van der Waals surface area contributed by atoms with E-state index in [0.29, 0.717) is 0 Å². The van der Waals surface area contributed by atoms with E-state index in [1.54, 1.807) is 0 Å². The second kappa shape index (κ2) is 8.24. The van der Waals surface area contributed by atoms with Crippen molar-refractivity contribution in [2.24, 2.45) is 5.73 Å². The third-order valence-electron chi connectivity index (χ3n) is 2.35. The van der Waals surface area contributed by atoms with Crippen LogP contribution < -0.4 is 5.73 Å². The van der Waals surface area contributed by atoms with E-state index >= 15 is 0 Å². The Morgan fingerprint density at radius 2 is 2.25 bits per heavy atom. The highest BCUT2D eigenvalue weighted by Crippen LogP contribution is 2.00. The summed E-state index contributed by atoms with van der Waals surface area (Å²) < 4.78 is 7.15. The zero-order valence-corrected chi connectivity index (χ0v) is 10.1. The SMILES string of the molecule is CCOCCCn1cc(CCCCN)nn1. The number of nitrogens with zero attached hydrogens (tertiary/aromatic N) is 3. The van der Waals surface area contributed by atoms with Gasteiger partial charge in [-0.1, -0.05) is 5.21 Å². The summed E-state index contributed by atoms with van der Waals surface area (Å²) in [7, 11) is 0. The Bertz CT molecular complexity index is 275. The number of ether oxygens (including phenoxy) is 1. The van der Waals surface area contributed by atoms with Gasteiger partial charge in [-0.05, 0) is 39.2 Å². The summed E-state index contributed by atoms with van der Waals surface area (Å²) in [5.41, 5.74) is 6.50. The van der Waals surface area contributed by atoms with Crippen LogP contribution >= 0.6 is 0 Å². The fourth-order valence-corrected chi connectivity index (χ4v) is 1.49. The van der Waals surface area contributed by atoms with Gasteiger partial charge in [-0.2, -0.15) is 0 Å². The molecule has 5 nitrogen and oxygen atoms in total. The Morgan fingerprint density at radius 1 is 1.38 bits per heavy atom. The number of nitrogens with two attached hydrogens (primary N) is 1. The molecule has 0 saturated heterocycles. The first-order valence-corrected chi connectivity index (χ1v) is 6.03. The first-order chi connectivity index (χ1) is 7.86. The fourth-order valence-electron chi connectivity index (χ4n) is 1.49. The van der Waals surface area contributed by atoms with Gasteiger partial charge in [-0.3, -0.25) is 4.68 Å². The molecule has 1 heterocycles. The average Bonchev–Trinajstić information content (AvgIpc) is 2.73. The summed E-state index contributed by atoms with van der Waals surface area (Å²) in [5.74, 6) is 0. The van der Waals surface area contributed by atoms with Gasteiger partial charge in [-0.25, -0.2) is 0 Å². The molecule has 1 aromatic rings. The molecule has 0 aliphatic carbocycles. The Balaban J connectivity index is 2.17. The zero-order valence-electron chi connectivity index (χ0n) is 10.1. The van der Waals surface area contributed by atoms with Crippen molar-refractivity contribution >= 4 is 0 Å². The van der Waals surface area contributed by atoms with Crippen LogP contribution in [0.25, 0.3) is 0 Å². The standard InChI is InChI=1S/C11H22N4O/c1-2-16-9-5-8-15-10-11(13-14-15)6-3-4-7-12/h10H,2-9,12H2,1H3. The monoisotopic (exact) mass is 226 g/mol. The van der Waals surface area contributed by atoms with Crippen LogP contribution in [0, 0.1) is 0 Å². The molecule has 16 heavy (non-hydrogen) atoms. The molecule has 92 valence electrons. The predicted octanol–water partition coefficient (Wildman–Crippen LogP) is 0.986. The zero-order chi connectivity index (χ0) is 11.6. The molecule has 1 aromatic heterocycles. The maximum Gasteiger partial charge on any atom is 0.0827 e. The molecular formula is C11H22N4O. The summed E-state index contributed by atoms with van der Waals surface area (Å²) in [4.78, 5) is 0. The van der Waals surface area contributed by atoms with Crippen molar-refractivity contribution in [3.63, 3.8) is 0 Å². The second-order valence-corrected chi connectivity index (χ2v) is 3.77. The third-order valence-corrected chi connectivity index (χ3v) is 2.35. The molecule has 0 unspecified atom stereocenters. The van der Waals surface area contributed by atoms with Crippen LogP contribution in [0.5, 0.6) is 0 Å². The Kier molecular flexibility index (Phi) is 6.76. The highest BCUT2D eigenvalue weighted by molar-refractivity contribution is 4.92. The topological polar surface area (TPSA) is 66.0 Å². The number of aromatic nitrogens is 3. The van der Waals surface area contributed by atoms with Gasteiger partial charge >= 0.3 is 0 Å². The quantitative estimate of drug-likeness (QED) is 0.638. The van der Waals surface area contributed by atoms with Crippen LogP contribution in [-0.2, 0) is 17.7 Å². The molecule has 0 aliphatic heterocycles. The van der Waals surface area contributed by atoms with Gasteiger partial charge in [0.05, 0.1) is 5.69 Å². The van der Waals surface area contributed by atoms with Crippen LogP contribution in [0.2, 0.25) is 0 Å². The minimum absolute atomic E-state index is 0.752. The molecule has 0 amide bonds. The third kappa shape index (κ3) is 5.23. The fraction of sp³-hybridized carbons (Fsp3) is 0.818. The van der Waals surface area contributed by atoms with E-state index < -0.39 is 0 Å². The van der Waals surface area contributed by atoms with Crippen LogP contribution in [-0.4, -0.2) is 34.8 Å². The van der Waals surface area contributed by atoms with E-state index in [1.807, 2.05) is 17.8 Å². The van der Waals surface area contributed by atoms with E-state index in [0.717, 1.165) is 57.7 Å². The summed E-state index contributed by atoms with van der Waals surface area (Å²) in [6, 6.07) is 0. The van der Waals surface area contributed by atoms with Crippen molar-refractivity contribution in [3.8, 4) is 0 Å².